The molecular weight excluding hydrogens is 352 g/mol. The fourth-order valence-corrected chi connectivity index (χ4v) is 3.76. The van der Waals surface area contributed by atoms with Gasteiger partial charge in [0, 0.05) is 11.1 Å². The highest BCUT2D eigenvalue weighted by Crippen LogP contribution is 2.34. The Kier molecular flexibility index (Phi) is 3.84. The van der Waals surface area contributed by atoms with Crippen LogP contribution in [0, 0.1) is 0 Å². The van der Waals surface area contributed by atoms with Gasteiger partial charge in [-0.3, -0.25) is 0 Å². The van der Waals surface area contributed by atoms with Crippen LogP contribution in [0.1, 0.15) is 0 Å². The van der Waals surface area contributed by atoms with Crippen LogP contribution in [0.5, 0.6) is 0 Å². The van der Waals surface area contributed by atoms with E-state index in [0.717, 1.165) is 27.9 Å². The quantitative estimate of drug-likeness (QED) is 0.254. The van der Waals surface area contributed by atoms with Crippen LogP contribution < -0.4 is 0 Å². The van der Waals surface area contributed by atoms with E-state index in [2.05, 4.69) is 64.6 Å². The molecule has 0 amide bonds. The molecule has 0 unspecified atom stereocenters. The zero-order valence-electron chi connectivity index (χ0n) is 14.4. The molecule has 3 heteroatoms. The second-order valence-electron chi connectivity index (χ2n) is 6.46. The van der Waals surface area contributed by atoms with Crippen molar-refractivity contribution in [2.75, 3.05) is 0 Å². The van der Waals surface area contributed by atoms with Crippen molar-refractivity contribution in [3.8, 4) is 22.5 Å². The van der Waals surface area contributed by atoms with Crippen LogP contribution in [0.2, 0.25) is 5.28 Å². The summed E-state index contributed by atoms with van der Waals surface area (Å²) in [6.45, 7) is 0. The highest BCUT2D eigenvalue weighted by atomic mass is 35.5. The number of nitrogens with zero attached hydrogens (tertiary/aromatic N) is 2. The molecule has 0 saturated heterocycles. The summed E-state index contributed by atoms with van der Waals surface area (Å²) in [5, 5.41) is 5.09. The fourth-order valence-electron chi connectivity index (χ4n) is 3.58. The first-order valence-corrected chi connectivity index (χ1v) is 9.18. The molecule has 0 aliphatic rings. The van der Waals surface area contributed by atoms with E-state index >= 15 is 0 Å². The van der Waals surface area contributed by atoms with Gasteiger partial charge in [-0.2, -0.15) is 0 Å². The van der Waals surface area contributed by atoms with Gasteiger partial charge < -0.3 is 0 Å². The SMILES string of the molecule is Clc1nc(-c2ccccc2)cc(-c2cccc3c2ccc2ccccc23)n1. The summed E-state index contributed by atoms with van der Waals surface area (Å²) in [6, 6.07) is 31.1. The maximum absolute atomic E-state index is 6.27. The fraction of sp³-hybridized carbons (Fsp3) is 0. The predicted molar refractivity (Wildman–Crippen MR) is 113 cm³/mol. The summed E-state index contributed by atoms with van der Waals surface area (Å²) in [7, 11) is 0. The number of rotatable bonds is 2. The highest BCUT2D eigenvalue weighted by Gasteiger charge is 2.11. The summed E-state index contributed by atoms with van der Waals surface area (Å²) in [4.78, 5) is 8.93. The van der Waals surface area contributed by atoms with Crippen LogP contribution in [0.15, 0.2) is 91.0 Å². The van der Waals surface area contributed by atoms with Gasteiger partial charge in [-0.25, -0.2) is 9.97 Å². The molecule has 4 aromatic carbocycles. The van der Waals surface area contributed by atoms with Crippen LogP contribution in [0.4, 0.5) is 0 Å². The summed E-state index contributed by atoms with van der Waals surface area (Å²) >= 11 is 6.27. The van der Waals surface area contributed by atoms with Crippen LogP contribution >= 0.6 is 11.6 Å². The highest BCUT2D eigenvalue weighted by molar-refractivity contribution is 6.28. The normalized spacial score (nSPS) is 11.1. The standard InChI is InChI=1S/C24H15ClN2/c25-24-26-22(17-8-2-1-3-9-17)15-23(27-24)21-12-6-11-19-18-10-5-4-7-16(18)13-14-20(19)21/h1-15H. The molecule has 128 valence electrons. The summed E-state index contributed by atoms with van der Waals surface area (Å²) in [5.41, 5.74) is 3.73. The van der Waals surface area contributed by atoms with Crippen molar-refractivity contribution < 1.29 is 0 Å². The Labute approximate surface area is 162 Å². The third kappa shape index (κ3) is 2.84. The van der Waals surface area contributed by atoms with Gasteiger partial charge in [0.1, 0.15) is 0 Å². The van der Waals surface area contributed by atoms with Gasteiger partial charge >= 0.3 is 0 Å². The lowest BCUT2D eigenvalue weighted by molar-refractivity contribution is 1.18. The molecule has 1 aromatic heterocycles. The van der Waals surface area contributed by atoms with Crippen LogP contribution in [-0.2, 0) is 0 Å². The van der Waals surface area contributed by atoms with Gasteiger partial charge in [0.05, 0.1) is 11.4 Å². The lowest BCUT2D eigenvalue weighted by atomic mass is 9.96. The monoisotopic (exact) mass is 366 g/mol. The number of fused-ring (bicyclic) bond motifs is 3. The molecule has 0 N–H and O–H groups in total. The van der Waals surface area contributed by atoms with Gasteiger partial charge in [0.2, 0.25) is 5.28 Å². The van der Waals surface area contributed by atoms with E-state index in [0.29, 0.717) is 0 Å². The molecule has 0 spiro atoms. The molecule has 0 saturated carbocycles. The molecule has 1 heterocycles. The van der Waals surface area contributed by atoms with Gasteiger partial charge in [0.15, 0.2) is 0 Å². The van der Waals surface area contributed by atoms with Crippen molar-refractivity contribution in [2.45, 2.75) is 0 Å². The van der Waals surface area contributed by atoms with E-state index in [9.17, 15) is 0 Å². The number of benzene rings is 4. The molecule has 2 nitrogen and oxygen atoms in total. The Hall–Kier alpha value is -3.23. The zero-order valence-corrected chi connectivity index (χ0v) is 15.2. The van der Waals surface area contributed by atoms with Crippen molar-refractivity contribution in [2.24, 2.45) is 0 Å². The summed E-state index contributed by atoms with van der Waals surface area (Å²) in [5.74, 6) is 0. The first-order chi connectivity index (χ1) is 13.3. The Balaban J connectivity index is 1.77. The van der Waals surface area contributed by atoms with E-state index in [4.69, 9.17) is 11.6 Å². The van der Waals surface area contributed by atoms with E-state index in [1.54, 1.807) is 0 Å². The van der Waals surface area contributed by atoms with E-state index < -0.39 is 0 Å². The number of halogens is 1. The molecule has 0 atom stereocenters. The Morgan fingerprint density at radius 3 is 2.19 bits per heavy atom. The van der Waals surface area contributed by atoms with E-state index in [-0.39, 0.29) is 5.28 Å². The van der Waals surface area contributed by atoms with Gasteiger partial charge in [-0.1, -0.05) is 84.9 Å². The van der Waals surface area contributed by atoms with Crippen LogP contribution in [-0.4, -0.2) is 9.97 Å². The predicted octanol–water partition coefficient (Wildman–Crippen LogP) is 6.77. The number of hydrogen-bond acceptors (Lipinski definition) is 2. The molecule has 0 radical (unpaired) electrons. The smallest absolute Gasteiger partial charge is 0.218 e. The number of aromatic nitrogens is 2. The van der Waals surface area contributed by atoms with Crippen molar-refractivity contribution in [1.82, 2.24) is 9.97 Å². The lowest BCUT2D eigenvalue weighted by Crippen LogP contribution is -1.92. The molecule has 27 heavy (non-hydrogen) atoms. The second-order valence-corrected chi connectivity index (χ2v) is 6.80. The Morgan fingerprint density at radius 2 is 1.30 bits per heavy atom. The largest absolute Gasteiger partial charge is 0.223 e. The molecule has 0 aliphatic heterocycles. The van der Waals surface area contributed by atoms with Crippen molar-refractivity contribution in [3.05, 3.63) is 96.3 Å². The van der Waals surface area contributed by atoms with Gasteiger partial charge in [-0.15, -0.1) is 0 Å². The second kappa shape index (κ2) is 6.49. The van der Waals surface area contributed by atoms with Gasteiger partial charge in [-0.05, 0) is 39.2 Å². The molecular formula is C24H15ClN2. The first-order valence-electron chi connectivity index (χ1n) is 8.80. The van der Waals surface area contributed by atoms with Gasteiger partial charge in [0.25, 0.3) is 0 Å². The molecule has 5 aromatic rings. The summed E-state index contributed by atoms with van der Waals surface area (Å²) in [6.07, 6.45) is 0. The maximum atomic E-state index is 6.27. The van der Waals surface area contributed by atoms with Crippen molar-refractivity contribution >= 4 is 33.1 Å². The third-order valence-corrected chi connectivity index (χ3v) is 5.00. The average molecular weight is 367 g/mol. The maximum Gasteiger partial charge on any atom is 0.223 e. The summed E-state index contributed by atoms with van der Waals surface area (Å²) < 4.78 is 0. The minimum atomic E-state index is 0.254. The van der Waals surface area contributed by atoms with Crippen LogP contribution in [0.25, 0.3) is 44.1 Å². The Bertz CT molecular complexity index is 1280. The average Bonchev–Trinajstić information content (AvgIpc) is 2.73. The third-order valence-electron chi connectivity index (χ3n) is 4.83. The molecule has 0 fully saturated rings. The number of hydrogen-bond donors (Lipinski definition) is 0. The van der Waals surface area contributed by atoms with Crippen molar-refractivity contribution in [1.29, 1.82) is 0 Å². The molecule has 0 aliphatic carbocycles. The minimum Gasteiger partial charge on any atom is -0.218 e. The molecule has 5 rings (SSSR count). The topological polar surface area (TPSA) is 25.8 Å². The van der Waals surface area contributed by atoms with Crippen LogP contribution in [0.3, 0.4) is 0 Å². The van der Waals surface area contributed by atoms with E-state index in [1.165, 1.54) is 16.2 Å². The Morgan fingerprint density at radius 1 is 0.556 bits per heavy atom. The molecule has 0 bridgehead atoms. The minimum absolute atomic E-state index is 0.254. The lowest BCUT2D eigenvalue weighted by Gasteiger charge is -2.10. The van der Waals surface area contributed by atoms with Crippen molar-refractivity contribution in [3.63, 3.8) is 0 Å². The zero-order chi connectivity index (χ0) is 18.2. The first kappa shape index (κ1) is 16.0. The van der Waals surface area contributed by atoms with E-state index in [1.807, 2.05) is 36.4 Å².